The maximum absolute atomic E-state index is 13.7. The van der Waals surface area contributed by atoms with Gasteiger partial charge in [0.2, 0.25) is 5.91 Å². The zero-order chi connectivity index (χ0) is 17.3. The van der Waals surface area contributed by atoms with Gasteiger partial charge < -0.3 is 10.4 Å². The van der Waals surface area contributed by atoms with E-state index in [-0.39, 0.29) is 23.9 Å². The molecule has 3 rings (SSSR count). The van der Waals surface area contributed by atoms with Crippen LogP contribution in [0.15, 0.2) is 42.5 Å². The SMILES string of the molecule is O=C(NCC(O)c1ccc(F)cc1)C1CC1c1cccc(F)c1F. The lowest BCUT2D eigenvalue weighted by molar-refractivity contribution is -0.122. The Kier molecular flexibility index (Phi) is 4.57. The summed E-state index contributed by atoms with van der Waals surface area (Å²) in [5, 5.41) is 12.6. The van der Waals surface area contributed by atoms with Crippen molar-refractivity contribution in [2.75, 3.05) is 6.54 Å². The molecule has 0 spiro atoms. The van der Waals surface area contributed by atoms with Gasteiger partial charge in [-0.3, -0.25) is 4.79 Å². The Hall–Kier alpha value is -2.34. The average molecular weight is 335 g/mol. The Morgan fingerprint density at radius 2 is 1.88 bits per heavy atom. The maximum Gasteiger partial charge on any atom is 0.223 e. The summed E-state index contributed by atoms with van der Waals surface area (Å²) in [7, 11) is 0. The Labute approximate surface area is 137 Å². The molecule has 1 aliphatic rings. The van der Waals surface area contributed by atoms with Gasteiger partial charge in [-0.25, -0.2) is 13.2 Å². The predicted molar refractivity (Wildman–Crippen MR) is 81.6 cm³/mol. The van der Waals surface area contributed by atoms with Gasteiger partial charge in [0.25, 0.3) is 0 Å². The van der Waals surface area contributed by atoms with E-state index >= 15 is 0 Å². The number of carbonyl (C=O) groups is 1. The molecule has 0 saturated heterocycles. The van der Waals surface area contributed by atoms with Crippen LogP contribution in [0.25, 0.3) is 0 Å². The number of halogens is 3. The third-order valence-corrected chi connectivity index (χ3v) is 4.23. The molecule has 1 fully saturated rings. The van der Waals surface area contributed by atoms with Crippen LogP contribution in [0.2, 0.25) is 0 Å². The molecule has 0 aliphatic heterocycles. The minimum atomic E-state index is -0.961. The first-order valence-corrected chi connectivity index (χ1v) is 7.62. The Morgan fingerprint density at radius 1 is 1.17 bits per heavy atom. The lowest BCUT2D eigenvalue weighted by Crippen LogP contribution is -2.30. The fraction of sp³-hybridized carbons (Fsp3) is 0.278. The molecule has 126 valence electrons. The van der Waals surface area contributed by atoms with Crippen molar-refractivity contribution >= 4 is 5.91 Å². The predicted octanol–water partition coefficient (Wildman–Crippen LogP) is 3.06. The van der Waals surface area contributed by atoms with E-state index in [1.54, 1.807) is 0 Å². The second-order valence-corrected chi connectivity index (χ2v) is 5.90. The van der Waals surface area contributed by atoms with Crippen molar-refractivity contribution in [2.24, 2.45) is 5.92 Å². The van der Waals surface area contributed by atoms with Crippen molar-refractivity contribution in [3.63, 3.8) is 0 Å². The average Bonchev–Trinajstić information content (AvgIpc) is 3.36. The molecule has 0 radical (unpaired) electrons. The van der Waals surface area contributed by atoms with Gasteiger partial charge in [-0.05, 0) is 41.7 Å². The number of nitrogens with one attached hydrogen (secondary N) is 1. The summed E-state index contributed by atoms with van der Waals surface area (Å²) in [6, 6.07) is 9.26. The molecule has 3 unspecified atom stereocenters. The smallest absolute Gasteiger partial charge is 0.223 e. The van der Waals surface area contributed by atoms with E-state index in [9.17, 15) is 23.1 Å². The molecular formula is C18H16F3NO2. The summed E-state index contributed by atoms with van der Waals surface area (Å²) in [6.07, 6.45) is -0.517. The van der Waals surface area contributed by atoms with Crippen LogP contribution < -0.4 is 5.32 Å². The van der Waals surface area contributed by atoms with E-state index in [0.29, 0.717) is 12.0 Å². The van der Waals surface area contributed by atoms with Crippen LogP contribution in [0, 0.1) is 23.4 Å². The lowest BCUT2D eigenvalue weighted by atomic mass is 10.1. The molecule has 2 aromatic carbocycles. The second-order valence-electron chi connectivity index (χ2n) is 5.90. The largest absolute Gasteiger partial charge is 0.387 e. The molecular weight excluding hydrogens is 319 g/mol. The van der Waals surface area contributed by atoms with E-state index in [4.69, 9.17) is 0 Å². The molecule has 3 nitrogen and oxygen atoms in total. The van der Waals surface area contributed by atoms with Gasteiger partial charge in [0.05, 0.1) is 6.10 Å². The van der Waals surface area contributed by atoms with Crippen LogP contribution >= 0.6 is 0 Å². The van der Waals surface area contributed by atoms with Crippen LogP contribution in [0.4, 0.5) is 13.2 Å². The minimum absolute atomic E-state index is 0.0285. The van der Waals surface area contributed by atoms with E-state index < -0.39 is 29.5 Å². The molecule has 1 aliphatic carbocycles. The first-order valence-electron chi connectivity index (χ1n) is 7.62. The Balaban J connectivity index is 1.55. The molecule has 1 amide bonds. The van der Waals surface area contributed by atoms with Crippen molar-refractivity contribution in [1.29, 1.82) is 0 Å². The summed E-state index contributed by atoms with van der Waals surface area (Å²) >= 11 is 0. The van der Waals surface area contributed by atoms with Gasteiger partial charge in [-0.15, -0.1) is 0 Å². The summed E-state index contributed by atoms with van der Waals surface area (Å²) in [5.74, 6) is -3.34. The van der Waals surface area contributed by atoms with Gasteiger partial charge in [-0.1, -0.05) is 24.3 Å². The van der Waals surface area contributed by atoms with Gasteiger partial charge >= 0.3 is 0 Å². The minimum Gasteiger partial charge on any atom is -0.387 e. The normalized spacial score (nSPS) is 20.5. The second kappa shape index (κ2) is 6.65. The molecule has 0 bridgehead atoms. The van der Waals surface area contributed by atoms with E-state index in [1.165, 1.54) is 36.4 Å². The number of hydrogen-bond acceptors (Lipinski definition) is 2. The van der Waals surface area contributed by atoms with Crippen molar-refractivity contribution in [3.8, 4) is 0 Å². The first kappa shape index (κ1) is 16.5. The Bertz CT molecular complexity index is 748. The zero-order valence-corrected chi connectivity index (χ0v) is 12.7. The Morgan fingerprint density at radius 3 is 2.58 bits per heavy atom. The standard InChI is InChI=1S/C18H16F3NO2/c19-11-6-4-10(5-7-11)16(23)9-22-18(24)14-8-13(14)12-2-1-3-15(20)17(12)21/h1-7,13-14,16,23H,8-9H2,(H,22,24). The number of rotatable bonds is 5. The number of hydrogen-bond donors (Lipinski definition) is 2. The number of aliphatic hydroxyl groups excluding tert-OH is 1. The summed E-state index contributed by atoms with van der Waals surface area (Å²) in [6.45, 7) is -0.0285. The molecule has 24 heavy (non-hydrogen) atoms. The zero-order valence-electron chi connectivity index (χ0n) is 12.7. The lowest BCUT2D eigenvalue weighted by Gasteiger charge is -2.12. The van der Waals surface area contributed by atoms with Crippen LogP contribution in [-0.4, -0.2) is 17.6 Å². The fourth-order valence-corrected chi connectivity index (χ4v) is 2.77. The van der Waals surface area contributed by atoms with Crippen LogP contribution in [0.3, 0.4) is 0 Å². The highest BCUT2D eigenvalue weighted by molar-refractivity contribution is 5.82. The molecule has 2 aromatic rings. The molecule has 0 heterocycles. The van der Waals surface area contributed by atoms with Crippen LogP contribution in [0.1, 0.15) is 29.6 Å². The monoisotopic (exact) mass is 335 g/mol. The van der Waals surface area contributed by atoms with Crippen molar-refractivity contribution in [2.45, 2.75) is 18.4 Å². The fourth-order valence-electron chi connectivity index (χ4n) is 2.77. The number of aliphatic hydroxyl groups is 1. The summed E-state index contributed by atoms with van der Waals surface area (Å²) in [5.41, 5.74) is 0.689. The topological polar surface area (TPSA) is 49.3 Å². The van der Waals surface area contributed by atoms with E-state index in [0.717, 1.165) is 6.07 Å². The van der Waals surface area contributed by atoms with Crippen molar-refractivity contribution < 1.29 is 23.1 Å². The molecule has 3 atom stereocenters. The van der Waals surface area contributed by atoms with Gasteiger partial charge in [0, 0.05) is 12.5 Å². The first-order chi connectivity index (χ1) is 11.5. The summed E-state index contributed by atoms with van der Waals surface area (Å²) < 4.78 is 39.8. The van der Waals surface area contributed by atoms with Gasteiger partial charge in [-0.2, -0.15) is 0 Å². The third kappa shape index (κ3) is 3.43. The quantitative estimate of drug-likeness (QED) is 0.882. The highest BCUT2D eigenvalue weighted by Gasteiger charge is 2.45. The number of carbonyl (C=O) groups excluding carboxylic acids is 1. The third-order valence-electron chi connectivity index (χ3n) is 4.23. The highest BCUT2D eigenvalue weighted by atomic mass is 19.2. The number of benzene rings is 2. The van der Waals surface area contributed by atoms with Crippen LogP contribution in [-0.2, 0) is 4.79 Å². The molecule has 6 heteroatoms. The molecule has 0 aromatic heterocycles. The maximum atomic E-state index is 13.7. The van der Waals surface area contributed by atoms with Crippen molar-refractivity contribution in [3.05, 3.63) is 71.0 Å². The number of amides is 1. The van der Waals surface area contributed by atoms with Crippen molar-refractivity contribution in [1.82, 2.24) is 5.32 Å². The molecule has 2 N–H and O–H groups in total. The highest BCUT2D eigenvalue weighted by Crippen LogP contribution is 2.48. The van der Waals surface area contributed by atoms with E-state index in [2.05, 4.69) is 5.32 Å². The summed E-state index contributed by atoms with van der Waals surface area (Å²) in [4.78, 5) is 12.1. The van der Waals surface area contributed by atoms with Gasteiger partial charge in [0.15, 0.2) is 11.6 Å². The van der Waals surface area contributed by atoms with E-state index in [1.807, 2.05) is 0 Å². The molecule has 1 saturated carbocycles. The van der Waals surface area contributed by atoms with Crippen LogP contribution in [0.5, 0.6) is 0 Å². The van der Waals surface area contributed by atoms with Gasteiger partial charge in [0.1, 0.15) is 5.82 Å².